The molecule has 1 aliphatic rings. The second-order valence-corrected chi connectivity index (χ2v) is 4.88. The van der Waals surface area contributed by atoms with Crippen LogP contribution in [0.1, 0.15) is 42.9 Å². The average molecular weight is 247 g/mol. The first kappa shape index (κ1) is 12.8. The zero-order valence-electron chi connectivity index (χ0n) is 11.1. The van der Waals surface area contributed by atoms with Crippen LogP contribution in [0.3, 0.4) is 0 Å². The molecule has 3 N–H and O–H groups in total. The maximum atomic E-state index is 5.87. The first-order valence-corrected chi connectivity index (χ1v) is 6.51. The number of nitrogens with zero attached hydrogens (tertiary/aromatic N) is 3. The van der Waals surface area contributed by atoms with Crippen LogP contribution in [0.15, 0.2) is 11.1 Å². The Hall–Kier alpha value is -1.65. The number of hydrogen-bond donors (Lipinski definition) is 2. The van der Waals surface area contributed by atoms with E-state index in [0.717, 1.165) is 17.2 Å². The van der Waals surface area contributed by atoms with Crippen LogP contribution < -0.4 is 11.1 Å². The highest BCUT2D eigenvalue weighted by Gasteiger charge is 2.14. The molecule has 0 atom stereocenters. The highest BCUT2D eigenvalue weighted by molar-refractivity contribution is 5.78. The molecule has 0 spiro atoms. The normalized spacial score (nSPS) is 17.1. The van der Waals surface area contributed by atoms with Crippen LogP contribution >= 0.6 is 0 Å². The average Bonchev–Trinajstić information content (AvgIpc) is 2.78. The number of aryl methyl sites for hydroxylation is 2. The van der Waals surface area contributed by atoms with Gasteiger partial charge in [-0.15, -0.1) is 0 Å². The Labute approximate surface area is 108 Å². The fourth-order valence-corrected chi connectivity index (χ4v) is 2.37. The molecule has 98 valence electrons. The Morgan fingerprint density at radius 3 is 2.78 bits per heavy atom. The zero-order valence-corrected chi connectivity index (χ0v) is 11.1. The van der Waals surface area contributed by atoms with Gasteiger partial charge in [0, 0.05) is 11.7 Å². The van der Waals surface area contributed by atoms with E-state index in [1.807, 2.05) is 19.9 Å². The molecule has 5 heteroatoms. The predicted octanol–water partition coefficient (Wildman–Crippen LogP) is 1.44. The molecule has 0 aromatic carbocycles. The number of aromatic nitrogens is 2. The van der Waals surface area contributed by atoms with Gasteiger partial charge in [0.25, 0.3) is 0 Å². The Morgan fingerprint density at radius 1 is 1.39 bits per heavy atom. The van der Waals surface area contributed by atoms with E-state index >= 15 is 0 Å². The minimum Gasteiger partial charge on any atom is -0.370 e. The largest absolute Gasteiger partial charge is 0.370 e. The van der Waals surface area contributed by atoms with Gasteiger partial charge in [-0.1, -0.05) is 12.8 Å². The van der Waals surface area contributed by atoms with Gasteiger partial charge in [0.05, 0.1) is 12.2 Å². The molecule has 1 saturated carbocycles. The highest BCUT2D eigenvalue weighted by atomic mass is 15.1. The molecule has 5 nitrogen and oxygen atoms in total. The fraction of sp³-hybridized carbons (Fsp3) is 0.615. The molecule has 1 fully saturated rings. The molecule has 0 aliphatic heterocycles. The molecule has 1 aromatic rings. The van der Waals surface area contributed by atoms with Gasteiger partial charge in [-0.2, -0.15) is 0 Å². The van der Waals surface area contributed by atoms with Crippen molar-refractivity contribution in [2.45, 2.75) is 52.1 Å². The number of nitrogens with two attached hydrogens (primary N) is 1. The second kappa shape index (κ2) is 5.80. The van der Waals surface area contributed by atoms with E-state index < -0.39 is 0 Å². The van der Waals surface area contributed by atoms with Crippen molar-refractivity contribution < 1.29 is 0 Å². The van der Waals surface area contributed by atoms with E-state index in [1.54, 1.807) is 0 Å². The molecule has 1 heterocycles. The second-order valence-electron chi connectivity index (χ2n) is 4.88. The molecular formula is C13H21N5. The zero-order chi connectivity index (χ0) is 13.0. The Balaban J connectivity index is 1.92. The van der Waals surface area contributed by atoms with E-state index in [9.17, 15) is 0 Å². The summed E-state index contributed by atoms with van der Waals surface area (Å²) < 4.78 is 0. The molecule has 0 amide bonds. The molecule has 0 unspecified atom stereocenters. The molecule has 0 saturated heterocycles. The third kappa shape index (κ3) is 3.68. The lowest BCUT2D eigenvalue weighted by molar-refractivity contribution is 0.625. The van der Waals surface area contributed by atoms with Gasteiger partial charge in [0.1, 0.15) is 5.82 Å². The van der Waals surface area contributed by atoms with E-state index in [2.05, 4.69) is 20.3 Å². The first-order chi connectivity index (χ1) is 8.63. The lowest BCUT2D eigenvalue weighted by atomic mass is 10.2. The molecule has 1 aromatic heterocycles. The SMILES string of the molecule is Cc1cc(CN=C(N)NC2CCCC2)nc(C)n1. The summed E-state index contributed by atoms with van der Waals surface area (Å²) in [5.74, 6) is 1.30. The summed E-state index contributed by atoms with van der Waals surface area (Å²) in [5.41, 5.74) is 7.75. The fourth-order valence-electron chi connectivity index (χ4n) is 2.37. The Morgan fingerprint density at radius 2 is 2.11 bits per heavy atom. The van der Waals surface area contributed by atoms with Crippen molar-refractivity contribution in [1.29, 1.82) is 0 Å². The van der Waals surface area contributed by atoms with Crippen LogP contribution in [0.25, 0.3) is 0 Å². The monoisotopic (exact) mass is 247 g/mol. The van der Waals surface area contributed by atoms with Crippen molar-refractivity contribution in [3.05, 3.63) is 23.3 Å². The summed E-state index contributed by atoms with van der Waals surface area (Å²) >= 11 is 0. The quantitative estimate of drug-likeness (QED) is 0.626. The van der Waals surface area contributed by atoms with Crippen molar-refractivity contribution in [3.63, 3.8) is 0 Å². The standard InChI is InChI=1S/C13H21N5/c1-9-7-12(17-10(2)16-9)8-15-13(14)18-11-5-3-4-6-11/h7,11H,3-6,8H2,1-2H3,(H3,14,15,18). The van der Waals surface area contributed by atoms with E-state index in [-0.39, 0.29) is 0 Å². The van der Waals surface area contributed by atoms with Crippen LogP contribution in [0.5, 0.6) is 0 Å². The smallest absolute Gasteiger partial charge is 0.189 e. The molecular weight excluding hydrogens is 226 g/mol. The van der Waals surface area contributed by atoms with Crippen molar-refractivity contribution in [2.75, 3.05) is 0 Å². The van der Waals surface area contributed by atoms with Crippen LogP contribution in [0.2, 0.25) is 0 Å². The first-order valence-electron chi connectivity index (χ1n) is 6.51. The van der Waals surface area contributed by atoms with Crippen LogP contribution in [0.4, 0.5) is 0 Å². The molecule has 1 aliphatic carbocycles. The maximum Gasteiger partial charge on any atom is 0.189 e. The van der Waals surface area contributed by atoms with E-state index in [1.165, 1.54) is 25.7 Å². The minimum absolute atomic E-state index is 0.502. The van der Waals surface area contributed by atoms with Gasteiger partial charge < -0.3 is 11.1 Å². The summed E-state index contributed by atoms with van der Waals surface area (Å²) in [6.07, 6.45) is 4.97. The predicted molar refractivity (Wildman–Crippen MR) is 72.2 cm³/mol. The maximum absolute atomic E-state index is 5.87. The van der Waals surface area contributed by atoms with Crippen LogP contribution in [-0.2, 0) is 6.54 Å². The topological polar surface area (TPSA) is 76.2 Å². The Kier molecular flexibility index (Phi) is 4.12. The lowest BCUT2D eigenvalue weighted by Gasteiger charge is -2.12. The van der Waals surface area contributed by atoms with Gasteiger partial charge in [0.2, 0.25) is 0 Å². The third-order valence-corrected chi connectivity index (χ3v) is 3.14. The van der Waals surface area contributed by atoms with Gasteiger partial charge in [-0.05, 0) is 32.8 Å². The lowest BCUT2D eigenvalue weighted by Crippen LogP contribution is -2.38. The van der Waals surface area contributed by atoms with Crippen molar-refractivity contribution in [3.8, 4) is 0 Å². The summed E-state index contributed by atoms with van der Waals surface area (Å²) in [6, 6.07) is 2.45. The van der Waals surface area contributed by atoms with Crippen LogP contribution in [0, 0.1) is 13.8 Å². The molecule has 18 heavy (non-hydrogen) atoms. The number of nitrogens with one attached hydrogen (secondary N) is 1. The van der Waals surface area contributed by atoms with Crippen molar-refractivity contribution in [2.24, 2.45) is 10.7 Å². The molecule has 2 rings (SSSR count). The van der Waals surface area contributed by atoms with Gasteiger partial charge >= 0.3 is 0 Å². The summed E-state index contributed by atoms with van der Waals surface area (Å²) in [4.78, 5) is 12.9. The van der Waals surface area contributed by atoms with Crippen molar-refractivity contribution in [1.82, 2.24) is 15.3 Å². The summed E-state index contributed by atoms with van der Waals surface area (Å²) in [5, 5.41) is 3.26. The summed E-state index contributed by atoms with van der Waals surface area (Å²) in [6.45, 7) is 4.36. The highest BCUT2D eigenvalue weighted by Crippen LogP contribution is 2.17. The number of guanidine groups is 1. The Bertz CT molecular complexity index is 415. The van der Waals surface area contributed by atoms with Crippen molar-refractivity contribution >= 4 is 5.96 Å². The summed E-state index contributed by atoms with van der Waals surface area (Å²) in [7, 11) is 0. The van der Waals surface area contributed by atoms with E-state index in [0.29, 0.717) is 18.5 Å². The number of rotatable bonds is 3. The van der Waals surface area contributed by atoms with Crippen LogP contribution in [-0.4, -0.2) is 22.0 Å². The number of aliphatic imine (C=N–C) groups is 1. The van der Waals surface area contributed by atoms with Gasteiger partial charge in [-0.3, -0.25) is 0 Å². The minimum atomic E-state index is 0.502. The van der Waals surface area contributed by atoms with Gasteiger partial charge in [0.15, 0.2) is 5.96 Å². The molecule has 0 bridgehead atoms. The molecule has 0 radical (unpaired) electrons. The van der Waals surface area contributed by atoms with E-state index in [4.69, 9.17) is 5.73 Å². The number of hydrogen-bond acceptors (Lipinski definition) is 3. The van der Waals surface area contributed by atoms with Gasteiger partial charge in [-0.25, -0.2) is 15.0 Å². The third-order valence-electron chi connectivity index (χ3n) is 3.14.